The summed E-state index contributed by atoms with van der Waals surface area (Å²) in [5.74, 6) is 1.29. The molecule has 23 heavy (non-hydrogen) atoms. The first-order chi connectivity index (χ1) is 11.2. The van der Waals surface area contributed by atoms with Gasteiger partial charge in [-0.2, -0.15) is 10.5 Å². The van der Waals surface area contributed by atoms with E-state index in [9.17, 15) is 10.5 Å². The highest BCUT2D eigenvalue weighted by molar-refractivity contribution is 5.43. The van der Waals surface area contributed by atoms with Gasteiger partial charge < -0.3 is 4.74 Å². The van der Waals surface area contributed by atoms with Crippen LogP contribution in [0.25, 0.3) is 0 Å². The predicted molar refractivity (Wildman–Crippen MR) is 88.6 cm³/mol. The SMILES string of the molecule is COc1ccc(C2C=CCC(C#N)(C#N)C3=CCCC[C@H]32)cc1. The third-order valence-electron chi connectivity index (χ3n) is 5.06. The van der Waals surface area contributed by atoms with E-state index in [2.05, 4.69) is 36.4 Å². The highest BCUT2D eigenvalue weighted by Crippen LogP contribution is 2.49. The van der Waals surface area contributed by atoms with Crippen LogP contribution >= 0.6 is 0 Å². The lowest BCUT2D eigenvalue weighted by atomic mass is 9.67. The summed E-state index contributed by atoms with van der Waals surface area (Å²) in [5.41, 5.74) is 1.24. The summed E-state index contributed by atoms with van der Waals surface area (Å²) in [6.45, 7) is 0. The van der Waals surface area contributed by atoms with Crippen LogP contribution in [0.3, 0.4) is 0 Å². The van der Waals surface area contributed by atoms with Gasteiger partial charge in [0.1, 0.15) is 5.75 Å². The Hall–Kier alpha value is -2.52. The summed E-state index contributed by atoms with van der Waals surface area (Å²) in [6.07, 6.45) is 9.92. The van der Waals surface area contributed by atoms with Crippen molar-refractivity contribution in [1.82, 2.24) is 0 Å². The van der Waals surface area contributed by atoms with Crippen molar-refractivity contribution < 1.29 is 4.74 Å². The molecule has 0 saturated heterocycles. The maximum atomic E-state index is 9.67. The molecule has 0 saturated carbocycles. The smallest absolute Gasteiger partial charge is 0.168 e. The number of hydrogen-bond acceptors (Lipinski definition) is 3. The summed E-state index contributed by atoms with van der Waals surface area (Å²) in [7, 11) is 1.66. The van der Waals surface area contributed by atoms with E-state index in [-0.39, 0.29) is 11.8 Å². The average molecular weight is 304 g/mol. The molecule has 116 valence electrons. The topological polar surface area (TPSA) is 56.8 Å². The molecule has 1 aromatic carbocycles. The fraction of sp³-hybridized carbons (Fsp3) is 0.400. The highest BCUT2D eigenvalue weighted by atomic mass is 16.5. The molecular weight excluding hydrogens is 284 g/mol. The number of ether oxygens (including phenoxy) is 1. The second-order valence-corrected chi connectivity index (χ2v) is 6.26. The van der Waals surface area contributed by atoms with Gasteiger partial charge in [-0.25, -0.2) is 0 Å². The van der Waals surface area contributed by atoms with E-state index in [0.717, 1.165) is 30.6 Å². The molecule has 0 aromatic heterocycles. The van der Waals surface area contributed by atoms with Crippen molar-refractivity contribution in [3.05, 3.63) is 53.6 Å². The van der Waals surface area contributed by atoms with Gasteiger partial charge in [-0.1, -0.05) is 30.4 Å². The number of hydrogen-bond donors (Lipinski definition) is 0. The Bertz CT molecular complexity index is 701. The second-order valence-electron chi connectivity index (χ2n) is 6.26. The zero-order valence-electron chi connectivity index (χ0n) is 13.3. The van der Waals surface area contributed by atoms with Crippen LogP contribution in [-0.4, -0.2) is 7.11 Å². The monoisotopic (exact) mass is 304 g/mol. The number of nitriles is 2. The molecular formula is C20H20N2O. The fourth-order valence-electron chi connectivity index (χ4n) is 3.82. The number of methoxy groups -OCH3 is 1. The maximum Gasteiger partial charge on any atom is 0.168 e. The van der Waals surface area contributed by atoms with Crippen molar-refractivity contribution in [1.29, 1.82) is 10.5 Å². The van der Waals surface area contributed by atoms with Crippen LogP contribution in [0.15, 0.2) is 48.1 Å². The van der Waals surface area contributed by atoms with Crippen molar-refractivity contribution in [2.75, 3.05) is 7.11 Å². The van der Waals surface area contributed by atoms with E-state index in [1.807, 2.05) is 18.2 Å². The van der Waals surface area contributed by atoms with Crippen LogP contribution in [-0.2, 0) is 0 Å². The quantitative estimate of drug-likeness (QED) is 0.756. The minimum atomic E-state index is -0.997. The summed E-state index contributed by atoms with van der Waals surface area (Å²) in [4.78, 5) is 0. The summed E-state index contributed by atoms with van der Waals surface area (Å²) < 4.78 is 5.24. The average Bonchev–Trinajstić information content (AvgIpc) is 2.79. The molecule has 1 unspecified atom stereocenters. The molecule has 0 N–H and O–H groups in total. The van der Waals surface area contributed by atoms with E-state index in [4.69, 9.17) is 4.74 Å². The molecule has 0 aliphatic heterocycles. The minimum absolute atomic E-state index is 0.219. The molecule has 2 aliphatic rings. The molecule has 1 aromatic rings. The van der Waals surface area contributed by atoms with Gasteiger partial charge in [0.15, 0.2) is 5.41 Å². The first kappa shape index (κ1) is 15.4. The van der Waals surface area contributed by atoms with E-state index in [1.165, 1.54) is 5.56 Å². The van der Waals surface area contributed by atoms with Crippen LogP contribution < -0.4 is 4.74 Å². The first-order valence-corrected chi connectivity index (χ1v) is 8.08. The minimum Gasteiger partial charge on any atom is -0.497 e. The number of rotatable bonds is 2. The maximum absolute atomic E-state index is 9.67. The van der Waals surface area contributed by atoms with Gasteiger partial charge in [-0.15, -0.1) is 0 Å². The molecule has 0 spiro atoms. The lowest BCUT2D eigenvalue weighted by Gasteiger charge is -2.34. The molecule has 3 nitrogen and oxygen atoms in total. The van der Waals surface area contributed by atoms with Gasteiger partial charge in [0.05, 0.1) is 19.2 Å². The molecule has 0 bridgehead atoms. The molecule has 2 atom stereocenters. The highest BCUT2D eigenvalue weighted by Gasteiger charge is 2.42. The van der Waals surface area contributed by atoms with E-state index < -0.39 is 5.41 Å². The molecule has 0 radical (unpaired) electrons. The van der Waals surface area contributed by atoms with Crippen molar-refractivity contribution in [3.8, 4) is 17.9 Å². The van der Waals surface area contributed by atoms with Crippen LogP contribution in [0.4, 0.5) is 0 Å². The third kappa shape index (κ3) is 2.64. The van der Waals surface area contributed by atoms with Crippen molar-refractivity contribution in [2.24, 2.45) is 11.3 Å². The van der Waals surface area contributed by atoms with Gasteiger partial charge >= 0.3 is 0 Å². The number of benzene rings is 1. The van der Waals surface area contributed by atoms with Crippen molar-refractivity contribution in [3.63, 3.8) is 0 Å². The van der Waals surface area contributed by atoms with E-state index in [0.29, 0.717) is 6.42 Å². The van der Waals surface area contributed by atoms with Crippen molar-refractivity contribution in [2.45, 2.75) is 31.6 Å². The Morgan fingerprint density at radius 3 is 2.57 bits per heavy atom. The van der Waals surface area contributed by atoms with Crippen LogP contribution in [0.1, 0.15) is 37.2 Å². The Kier molecular flexibility index (Phi) is 4.22. The van der Waals surface area contributed by atoms with Gasteiger partial charge in [0, 0.05) is 12.3 Å². The lowest BCUT2D eigenvalue weighted by molar-refractivity contribution is 0.410. The third-order valence-corrected chi connectivity index (χ3v) is 5.06. The lowest BCUT2D eigenvalue weighted by Crippen LogP contribution is -2.27. The molecule has 3 heteroatoms. The largest absolute Gasteiger partial charge is 0.497 e. The zero-order valence-corrected chi connectivity index (χ0v) is 13.3. The number of allylic oxidation sites excluding steroid dienone is 4. The Balaban J connectivity index is 2.03. The molecule has 0 fully saturated rings. The van der Waals surface area contributed by atoms with Gasteiger partial charge in [0.2, 0.25) is 0 Å². The fourth-order valence-corrected chi connectivity index (χ4v) is 3.82. The predicted octanol–water partition coefficient (Wildman–Crippen LogP) is 4.50. The summed E-state index contributed by atoms with van der Waals surface area (Å²) in [5, 5.41) is 19.3. The Labute approximate surface area is 137 Å². The molecule has 0 amide bonds. The Morgan fingerprint density at radius 1 is 1.17 bits per heavy atom. The standard InChI is InChI=1S/C20H20N2O/c1-23-16-10-8-15(9-11-16)17-6-4-12-20(13-21,14-22)19-7-3-2-5-18(17)19/h4,6-11,17-18H,2-3,5,12H2,1H3/t17?,18-/m0/s1. The van der Waals surface area contributed by atoms with Crippen molar-refractivity contribution >= 4 is 0 Å². The van der Waals surface area contributed by atoms with E-state index >= 15 is 0 Å². The number of fused-ring (bicyclic) bond motifs is 1. The molecule has 2 aliphatic carbocycles. The van der Waals surface area contributed by atoms with Crippen LogP contribution in [0, 0.1) is 34.0 Å². The van der Waals surface area contributed by atoms with Crippen LogP contribution in [0.2, 0.25) is 0 Å². The normalized spacial score (nSPS) is 25.3. The van der Waals surface area contributed by atoms with Gasteiger partial charge in [-0.05, 0) is 48.4 Å². The van der Waals surface area contributed by atoms with E-state index in [1.54, 1.807) is 7.11 Å². The first-order valence-electron chi connectivity index (χ1n) is 8.08. The summed E-state index contributed by atoms with van der Waals surface area (Å²) in [6, 6.07) is 12.7. The zero-order chi connectivity index (χ0) is 16.3. The second kappa shape index (κ2) is 6.31. The van der Waals surface area contributed by atoms with Gasteiger partial charge in [0.25, 0.3) is 0 Å². The molecule has 3 rings (SSSR count). The number of nitrogens with zero attached hydrogens (tertiary/aromatic N) is 2. The van der Waals surface area contributed by atoms with Crippen LogP contribution in [0.5, 0.6) is 5.75 Å². The summed E-state index contributed by atoms with van der Waals surface area (Å²) >= 11 is 0. The molecule has 0 heterocycles. The Morgan fingerprint density at radius 2 is 1.91 bits per heavy atom. The van der Waals surface area contributed by atoms with Gasteiger partial charge in [-0.3, -0.25) is 0 Å².